The third-order valence-corrected chi connectivity index (χ3v) is 6.49. The van der Waals surface area contributed by atoms with Crippen LogP contribution in [0.5, 0.6) is 5.75 Å². The van der Waals surface area contributed by atoms with E-state index in [4.69, 9.17) is 9.72 Å². The molecule has 4 aromatic rings. The number of anilines is 1. The fourth-order valence-corrected chi connectivity index (χ4v) is 4.78. The first-order valence-corrected chi connectivity index (χ1v) is 10.8. The van der Waals surface area contributed by atoms with Gasteiger partial charge < -0.3 is 19.7 Å². The van der Waals surface area contributed by atoms with E-state index in [9.17, 15) is 5.11 Å². The van der Waals surface area contributed by atoms with Crippen LogP contribution in [0, 0.1) is 5.92 Å². The molecule has 1 aliphatic rings. The van der Waals surface area contributed by atoms with E-state index in [0.29, 0.717) is 0 Å². The first-order valence-electron chi connectivity index (χ1n) is 10.8. The van der Waals surface area contributed by atoms with Crippen LogP contribution in [-0.2, 0) is 5.60 Å². The summed E-state index contributed by atoms with van der Waals surface area (Å²) >= 11 is 0. The van der Waals surface area contributed by atoms with Crippen LogP contribution in [0.3, 0.4) is 0 Å². The molecular weight excluding hydrogens is 386 g/mol. The minimum atomic E-state index is -1.00. The van der Waals surface area contributed by atoms with Crippen LogP contribution in [0.2, 0.25) is 0 Å². The fourth-order valence-electron chi connectivity index (χ4n) is 4.78. The highest BCUT2D eigenvalue weighted by Crippen LogP contribution is 2.42. The van der Waals surface area contributed by atoms with Gasteiger partial charge in [0.1, 0.15) is 11.4 Å². The summed E-state index contributed by atoms with van der Waals surface area (Å²) in [7, 11) is 1.67. The fraction of sp³-hybridized carbons (Fsp3) is 0.269. The maximum atomic E-state index is 12.1. The first kappa shape index (κ1) is 19.6. The van der Waals surface area contributed by atoms with Crippen LogP contribution in [0.1, 0.15) is 24.0 Å². The standard InChI is InChI=1S/C26H27N3O2/c1-31-22-12-13-23-24(18-22)28-25(27-23)29-16-14-21(15-17-29)26(30,19-8-4-2-5-9-19)20-10-6-3-7-11-20/h2-13,18,21,30H,14-17H2,1H3,(H,27,28). The van der Waals surface area contributed by atoms with E-state index < -0.39 is 5.60 Å². The van der Waals surface area contributed by atoms with Crippen LogP contribution in [0.25, 0.3) is 11.0 Å². The Morgan fingerprint density at radius 3 is 2.13 bits per heavy atom. The molecule has 0 radical (unpaired) electrons. The SMILES string of the molecule is COc1ccc2[nH]c(N3CCC(C(O)(c4ccccc4)c4ccccc4)CC3)nc2c1. The number of aromatic amines is 1. The Balaban J connectivity index is 1.40. The highest BCUT2D eigenvalue weighted by molar-refractivity contribution is 5.79. The van der Waals surface area contributed by atoms with Crippen molar-refractivity contribution in [2.45, 2.75) is 18.4 Å². The van der Waals surface area contributed by atoms with Crippen molar-refractivity contribution in [1.29, 1.82) is 0 Å². The normalized spacial score (nSPS) is 15.4. The molecule has 5 heteroatoms. The Morgan fingerprint density at radius 2 is 1.55 bits per heavy atom. The molecule has 2 heterocycles. The van der Waals surface area contributed by atoms with Gasteiger partial charge in [-0.3, -0.25) is 0 Å². The molecule has 0 bridgehead atoms. The monoisotopic (exact) mass is 413 g/mol. The second-order valence-corrected chi connectivity index (χ2v) is 8.20. The summed E-state index contributed by atoms with van der Waals surface area (Å²) < 4.78 is 5.32. The van der Waals surface area contributed by atoms with Gasteiger partial charge in [-0.25, -0.2) is 4.98 Å². The molecule has 5 nitrogen and oxygen atoms in total. The van der Waals surface area contributed by atoms with Crippen molar-refractivity contribution in [3.63, 3.8) is 0 Å². The van der Waals surface area contributed by atoms with Gasteiger partial charge in [-0.05, 0) is 42.0 Å². The molecule has 2 N–H and O–H groups in total. The highest BCUT2D eigenvalue weighted by atomic mass is 16.5. The molecule has 0 aliphatic carbocycles. The molecule has 158 valence electrons. The van der Waals surface area contributed by atoms with Crippen LogP contribution in [0.4, 0.5) is 5.95 Å². The Labute approximate surface area is 182 Å². The van der Waals surface area contributed by atoms with Crippen molar-refractivity contribution in [3.05, 3.63) is 90.0 Å². The number of nitrogens with one attached hydrogen (secondary N) is 1. The Morgan fingerprint density at radius 1 is 0.935 bits per heavy atom. The number of nitrogens with zero attached hydrogens (tertiary/aromatic N) is 2. The van der Waals surface area contributed by atoms with Gasteiger partial charge in [-0.2, -0.15) is 0 Å². The van der Waals surface area contributed by atoms with E-state index in [1.54, 1.807) is 7.11 Å². The van der Waals surface area contributed by atoms with Crippen molar-refractivity contribution in [2.75, 3.05) is 25.1 Å². The topological polar surface area (TPSA) is 61.4 Å². The number of aliphatic hydroxyl groups is 1. The van der Waals surface area contributed by atoms with Gasteiger partial charge in [-0.15, -0.1) is 0 Å². The maximum absolute atomic E-state index is 12.1. The summed E-state index contributed by atoms with van der Waals surface area (Å²) in [6.45, 7) is 1.67. The van der Waals surface area contributed by atoms with Crippen molar-refractivity contribution in [2.24, 2.45) is 5.92 Å². The summed E-state index contributed by atoms with van der Waals surface area (Å²) in [5.41, 5.74) is 2.81. The number of piperidine rings is 1. The largest absolute Gasteiger partial charge is 0.497 e. The third-order valence-electron chi connectivity index (χ3n) is 6.49. The second kappa shape index (κ2) is 8.08. The molecule has 3 aromatic carbocycles. The molecule has 0 saturated carbocycles. The number of H-pyrrole nitrogens is 1. The van der Waals surface area contributed by atoms with Crippen LogP contribution in [-0.4, -0.2) is 35.3 Å². The summed E-state index contributed by atoms with van der Waals surface area (Å²) in [4.78, 5) is 10.5. The average molecular weight is 414 g/mol. The van der Waals surface area contributed by atoms with Crippen LogP contribution < -0.4 is 9.64 Å². The Hall–Kier alpha value is -3.31. The zero-order valence-electron chi connectivity index (χ0n) is 17.7. The molecule has 0 spiro atoms. The molecule has 31 heavy (non-hydrogen) atoms. The van der Waals surface area contributed by atoms with Gasteiger partial charge in [0, 0.05) is 19.2 Å². The smallest absolute Gasteiger partial charge is 0.203 e. The van der Waals surface area contributed by atoms with Gasteiger partial charge >= 0.3 is 0 Å². The molecule has 1 aliphatic heterocycles. The summed E-state index contributed by atoms with van der Waals surface area (Å²) in [5.74, 6) is 1.81. The molecule has 0 atom stereocenters. The number of fused-ring (bicyclic) bond motifs is 1. The van der Waals surface area contributed by atoms with Gasteiger partial charge in [0.25, 0.3) is 0 Å². The molecule has 1 fully saturated rings. The van der Waals surface area contributed by atoms with Gasteiger partial charge in [0.15, 0.2) is 0 Å². The number of aromatic nitrogens is 2. The van der Waals surface area contributed by atoms with E-state index >= 15 is 0 Å². The lowest BCUT2D eigenvalue weighted by Gasteiger charge is -2.42. The minimum Gasteiger partial charge on any atom is -0.497 e. The summed E-state index contributed by atoms with van der Waals surface area (Å²) in [6.07, 6.45) is 1.75. The van der Waals surface area contributed by atoms with Crippen LogP contribution in [0.15, 0.2) is 78.9 Å². The van der Waals surface area contributed by atoms with E-state index in [-0.39, 0.29) is 5.92 Å². The summed E-state index contributed by atoms with van der Waals surface area (Å²) in [6, 6.07) is 26.0. The highest BCUT2D eigenvalue weighted by Gasteiger charge is 2.41. The first-order chi connectivity index (χ1) is 15.2. The zero-order valence-corrected chi connectivity index (χ0v) is 17.7. The van der Waals surface area contributed by atoms with E-state index in [1.807, 2.05) is 78.9 Å². The lowest BCUT2D eigenvalue weighted by molar-refractivity contribution is 0.00495. The molecule has 5 rings (SSSR count). The van der Waals surface area contributed by atoms with Crippen molar-refractivity contribution < 1.29 is 9.84 Å². The number of hydrogen-bond acceptors (Lipinski definition) is 4. The molecule has 1 aromatic heterocycles. The van der Waals surface area contributed by atoms with Gasteiger partial charge in [0.05, 0.1) is 18.1 Å². The zero-order chi connectivity index (χ0) is 21.3. The van der Waals surface area contributed by atoms with Gasteiger partial charge in [-0.1, -0.05) is 60.7 Å². The molecule has 0 unspecified atom stereocenters. The number of ether oxygens (including phenoxy) is 1. The lowest BCUT2D eigenvalue weighted by Crippen LogP contribution is -2.44. The van der Waals surface area contributed by atoms with E-state index in [0.717, 1.165) is 59.8 Å². The third kappa shape index (κ3) is 3.55. The second-order valence-electron chi connectivity index (χ2n) is 8.20. The number of hydrogen-bond donors (Lipinski definition) is 2. The lowest BCUT2D eigenvalue weighted by atomic mass is 9.72. The number of imidazole rings is 1. The molecule has 0 amide bonds. The Bertz CT molecular complexity index is 1110. The predicted molar refractivity (Wildman–Crippen MR) is 123 cm³/mol. The average Bonchev–Trinajstić information content (AvgIpc) is 3.28. The van der Waals surface area contributed by atoms with Crippen molar-refractivity contribution >= 4 is 17.0 Å². The van der Waals surface area contributed by atoms with Crippen LogP contribution >= 0.6 is 0 Å². The molecular formula is C26H27N3O2. The minimum absolute atomic E-state index is 0.123. The number of rotatable bonds is 5. The number of benzene rings is 3. The van der Waals surface area contributed by atoms with Crippen molar-refractivity contribution in [3.8, 4) is 5.75 Å². The quantitative estimate of drug-likeness (QED) is 0.497. The predicted octanol–water partition coefficient (Wildman–Crippen LogP) is 4.72. The molecule has 1 saturated heterocycles. The van der Waals surface area contributed by atoms with Crippen molar-refractivity contribution in [1.82, 2.24) is 9.97 Å². The van der Waals surface area contributed by atoms with Gasteiger partial charge in [0.2, 0.25) is 5.95 Å². The van der Waals surface area contributed by atoms with E-state index in [2.05, 4.69) is 9.88 Å². The summed E-state index contributed by atoms with van der Waals surface area (Å²) in [5, 5.41) is 12.1. The maximum Gasteiger partial charge on any atom is 0.203 e. The number of methoxy groups -OCH3 is 1. The Kier molecular flexibility index (Phi) is 5.12. The van der Waals surface area contributed by atoms with E-state index in [1.165, 1.54) is 0 Å².